The number of nitrogens with zero attached hydrogens (tertiary/aromatic N) is 5. The summed E-state index contributed by atoms with van der Waals surface area (Å²) < 4.78 is 57.8. The van der Waals surface area contributed by atoms with Gasteiger partial charge in [0, 0.05) is 24.5 Å². The molecule has 1 saturated carbocycles. The van der Waals surface area contributed by atoms with E-state index >= 15 is 0 Å². The zero-order valence-electron chi connectivity index (χ0n) is 18.7. The van der Waals surface area contributed by atoms with Gasteiger partial charge in [-0.1, -0.05) is 0 Å². The molecule has 3 aliphatic rings. The number of hydrogen-bond acceptors (Lipinski definition) is 6. The van der Waals surface area contributed by atoms with Crippen molar-refractivity contribution in [3.63, 3.8) is 0 Å². The first-order valence-corrected chi connectivity index (χ1v) is 11.2. The molecule has 0 aromatic carbocycles. The number of hydrogen-bond donors (Lipinski definition) is 0. The average molecular weight is 487 g/mol. The fraction of sp³-hybridized carbons (Fsp3) is 0.375. The van der Waals surface area contributed by atoms with Gasteiger partial charge in [0.25, 0.3) is 5.91 Å². The van der Waals surface area contributed by atoms with Crippen molar-refractivity contribution in [3.05, 3.63) is 65.5 Å². The van der Waals surface area contributed by atoms with Crippen LogP contribution in [0.1, 0.15) is 40.9 Å². The Labute approximate surface area is 198 Å². The summed E-state index contributed by atoms with van der Waals surface area (Å²) in [5, 5.41) is 0. The molecule has 3 atom stereocenters. The Morgan fingerprint density at radius 3 is 2.49 bits per heavy atom. The SMILES string of the molecule is Cc1ccc(C(=O)N2C[C@H]3CC[C@H]2[C@H](Oc2ccc(C(F)(F)F)cn2)C3)c(-c2ncc(F)cn2)n1. The van der Waals surface area contributed by atoms with Crippen LogP contribution in [-0.4, -0.2) is 49.4 Å². The van der Waals surface area contributed by atoms with Crippen molar-refractivity contribution in [2.45, 2.75) is 44.5 Å². The van der Waals surface area contributed by atoms with Gasteiger partial charge in [-0.15, -0.1) is 0 Å². The Morgan fingerprint density at radius 1 is 1.06 bits per heavy atom. The second-order valence-electron chi connectivity index (χ2n) is 8.82. The number of aromatic nitrogens is 4. The van der Waals surface area contributed by atoms with Crippen molar-refractivity contribution < 1.29 is 27.1 Å². The summed E-state index contributed by atoms with van der Waals surface area (Å²) in [7, 11) is 0. The van der Waals surface area contributed by atoms with Gasteiger partial charge >= 0.3 is 6.18 Å². The Hall–Kier alpha value is -3.63. The predicted octanol–water partition coefficient (Wildman–Crippen LogP) is 4.47. The van der Waals surface area contributed by atoms with Crippen LogP contribution < -0.4 is 4.74 Å². The number of aryl methyl sites for hydroxylation is 1. The van der Waals surface area contributed by atoms with Crippen LogP contribution in [-0.2, 0) is 6.18 Å². The maximum absolute atomic E-state index is 13.7. The Balaban J connectivity index is 1.40. The molecule has 0 unspecified atom stereocenters. The van der Waals surface area contributed by atoms with Gasteiger partial charge < -0.3 is 9.64 Å². The number of carbonyl (C=O) groups is 1. The van der Waals surface area contributed by atoms with Crippen molar-refractivity contribution in [3.8, 4) is 17.4 Å². The third kappa shape index (κ3) is 4.67. The van der Waals surface area contributed by atoms with Gasteiger partial charge in [-0.05, 0) is 50.3 Å². The minimum atomic E-state index is -4.48. The highest BCUT2D eigenvalue weighted by molar-refractivity contribution is 5.99. The first kappa shape index (κ1) is 23.1. The van der Waals surface area contributed by atoms with Crippen LogP contribution in [0.5, 0.6) is 5.88 Å². The van der Waals surface area contributed by atoms with Crippen molar-refractivity contribution in [1.29, 1.82) is 0 Å². The topological polar surface area (TPSA) is 81.1 Å². The van der Waals surface area contributed by atoms with Gasteiger partial charge in [0.05, 0.1) is 29.6 Å². The number of fused-ring (bicyclic) bond motifs is 3. The van der Waals surface area contributed by atoms with Crippen molar-refractivity contribution in [1.82, 2.24) is 24.8 Å². The van der Waals surface area contributed by atoms with Crippen LogP contribution in [0.2, 0.25) is 0 Å². The minimum absolute atomic E-state index is 0.0837. The number of ether oxygens (including phenoxy) is 1. The molecular formula is C24H21F4N5O2. The molecule has 0 N–H and O–H groups in total. The van der Waals surface area contributed by atoms with E-state index in [1.165, 1.54) is 6.07 Å². The number of amides is 1. The fourth-order valence-corrected chi connectivity index (χ4v) is 4.75. The molecule has 3 fully saturated rings. The maximum Gasteiger partial charge on any atom is 0.417 e. The summed E-state index contributed by atoms with van der Waals surface area (Å²) in [6.07, 6.45) is 0.197. The summed E-state index contributed by atoms with van der Waals surface area (Å²) >= 11 is 0. The molecule has 3 aromatic rings. The van der Waals surface area contributed by atoms with Crippen LogP contribution in [0.25, 0.3) is 11.5 Å². The Kier molecular flexibility index (Phi) is 5.86. The summed E-state index contributed by atoms with van der Waals surface area (Å²) in [6.45, 7) is 2.30. The molecule has 0 radical (unpaired) electrons. The van der Waals surface area contributed by atoms with Gasteiger partial charge in [0.2, 0.25) is 5.88 Å². The smallest absolute Gasteiger partial charge is 0.417 e. The van der Waals surface area contributed by atoms with E-state index in [0.717, 1.165) is 31.1 Å². The number of halogens is 4. The Morgan fingerprint density at radius 2 is 1.83 bits per heavy atom. The number of piperidine rings is 2. The summed E-state index contributed by atoms with van der Waals surface area (Å²) in [5.74, 6) is -0.460. The lowest BCUT2D eigenvalue weighted by atomic mass is 9.77. The molecule has 35 heavy (non-hydrogen) atoms. The van der Waals surface area contributed by atoms with Crippen LogP contribution in [0.3, 0.4) is 0 Å². The molecule has 11 heteroatoms. The van der Waals surface area contributed by atoms with Crippen LogP contribution in [0.15, 0.2) is 42.9 Å². The monoisotopic (exact) mass is 487 g/mol. The molecule has 0 spiro atoms. The van der Waals surface area contributed by atoms with Gasteiger partial charge in [0.1, 0.15) is 11.8 Å². The van der Waals surface area contributed by atoms with Crippen molar-refractivity contribution >= 4 is 5.91 Å². The first-order valence-electron chi connectivity index (χ1n) is 11.2. The molecule has 1 aliphatic carbocycles. The van der Waals surface area contributed by atoms with E-state index in [9.17, 15) is 22.4 Å². The highest BCUT2D eigenvalue weighted by atomic mass is 19.4. The number of carbonyl (C=O) groups excluding carboxylic acids is 1. The normalized spacial score (nSPS) is 21.7. The van der Waals surface area contributed by atoms with E-state index < -0.39 is 23.7 Å². The van der Waals surface area contributed by atoms with E-state index in [1.807, 2.05) is 0 Å². The minimum Gasteiger partial charge on any atom is -0.472 e. The first-order chi connectivity index (χ1) is 16.7. The molecule has 2 aliphatic heterocycles. The number of pyridine rings is 2. The molecule has 2 bridgehead atoms. The Bertz CT molecular complexity index is 1230. The zero-order valence-corrected chi connectivity index (χ0v) is 18.7. The lowest BCUT2D eigenvalue weighted by molar-refractivity contribution is -0.137. The largest absolute Gasteiger partial charge is 0.472 e. The van der Waals surface area contributed by atoms with Gasteiger partial charge in [0.15, 0.2) is 11.6 Å². The fourth-order valence-electron chi connectivity index (χ4n) is 4.75. The molecule has 2 saturated heterocycles. The summed E-state index contributed by atoms with van der Waals surface area (Å²) in [4.78, 5) is 31.6. The lowest BCUT2D eigenvalue weighted by Crippen LogP contribution is -2.59. The standard InChI is InChI=1S/C24H21F4N5O2/c1-13-2-5-17(21(32-13)22-30-10-16(25)11-31-22)23(34)33-12-14-3-6-18(33)19(8-14)35-20-7-4-15(9-29-20)24(26,27)28/h2,4-5,7,9-11,14,18-19H,3,6,8,12H2,1H3/t14-,18-,19+/m0/s1. The number of rotatable bonds is 4. The van der Waals surface area contributed by atoms with E-state index in [-0.39, 0.29) is 35.3 Å². The van der Waals surface area contributed by atoms with Crippen molar-refractivity contribution in [2.24, 2.45) is 5.92 Å². The van der Waals surface area contributed by atoms with Gasteiger partial charge in [-0.25, -0.2) is 24.3 Å². The van der Waals surface area contributed by atoms with Crippen LogP contribution >= 0.6 is 0 Å². The second kappa shape index (κ2) is 8.86. The molecule has 182 valence electrons. The van der Waals surface area contributed by atoms with E-state index in [2.05, 4.69) is 19.9 Å². The number of alkyl halides is 3. The molecular weight excluding hydrogens is 466 g/mol. The molecule has 5 heterocycles. The average Bonchev–Trinajstić information content (AvgIpc) is 2.84. The van der Waals surface area contributed by atoms with Crippen LogP contribution in [0, 0.1) is 18.7 Å². The van der Waals surface area contributed by atoms with Crippen LogP contribution in [0.4, 0.5) is 17.6 Å². The summed E-state index contributed by atoms with van der Waals surface area (Å²) in [6, 6.07) is 5.22. The molecule has 3 aromatic heterocycles. The quantitative estimate of drug-likeness (QED) is 0.505. The lowest BCUT2D eigenvalue weighted by Gasteiger charge is -2.49. The maximum atomic E-state index is 13.7. The summed E-state index contributed by atoms with van der Waals surface area (Å²) in [5.41, 5.74) is 0.355. The predicted molar refractivity (Wildman–Crippen MR) is 116 cm³/mol. The van der Waals surface area contributed by atoms with E-state index in [1.54, 1.807) is 24.0 Å². The third-order valence-corrected chi connectivity index (χ3v) is 6.41. The highest BCUT2D eigenvalue weighted by Crippen LogP contribution is 2.39. The van der Waals surface area contributed by atoms with E-state index in [4.69, 9.17) is 4.74 Å². The highest BCUT2D eigenvalue weighted by Gasteiger charge is 2.45. The van der Waals surface area contributed by atoms with Crippen molar-refractivity contribution in [2.75, 3.05) is 6.54 Å². The third-order valence-electron chi connectivity index (χ3n) is 6.41. The molecule has 6 rings (SSSR count). The second-order valence-corrected chi connectivity index (χ2v) is 8.82. The molecule has 7 nitrogen and oxygen atoms in total. The molecule has 1 amide bonds. The van der Waals surface area contributed by atoms with Gasteiger partial charge in [-0.2, -0.15) is 13.2 Å². The zero-order chi connectivity index (χ0) is 24.7. The van der Waals surface area contributed by atoms with Gasteiger partial charge in [-0.3, -0.25) is 4.79 Å². The van der Waals surface area contributed by atoms with E-state index in [0.29, 0.717) is 30.6 Å².